The standard InChI is InChI=1S/C16H22N2OS/c1-10-6-7-13(11(2)14(10)19)17-8-12-9-18-15(20-12)16(3,4)5/h6-7,9,17,19H,8H2,1-5H3. The highest BCUT2D eigenvalue weighted by atomic mass is 32.1. The van der Waals surface area contributed by atoms with Crippen molar-refractivity contribution in [3.8, 4) is 5.75 Å². The minimum Gasteiger partial charge on any atom is -0.507 e. The van der Waals surface area contributed by atoms with E-state index in [-0.39, 0.29) is 5.41 Å². The first kappa shape index (κ1) is 14.9. The van der Waals surface area contributed by atoms with Gasteiger partial charge < -0.3 is 10.4 Å². The Labute approximate surface area is 124 Å². The zero-order valence-corrected chi connectivity index (χ0v) is 13.6. The highest BCUT2D eigenvalue weighted by Gasteiger charge is 2.17. The van der Waals surface area contributed by atoms with Crippen molar-refractivity contribution in [2.45, 2.75) is 46.6 Å². The average molecular weight is 290 g/mol. The molecule has 0 atom stereocenters. The van der Waals surface area contributed by atoms with Crippen molar-refractivity contribution in [1.29, 1.82) is 0 Å². The van der Waals surface area contributed by atoms with Crippen LogP contribution < -0.4 is 5.32 Å². The fourth-order valence-corrected chi connectivity index (χ4v) is 2.86. The van der Waals surface area contributed by atoms with Gasteiger partial charge in [0.15, 0.2) is 0 Å². The lowest BCUT2D eigenvalue weighted by Crippen LogP contribution is -2.09. The number of benzene rings is 1. The zero-order chi connectivity index (χ0) is 14.9. The Hall–Kier alpha value is -1.55. The van der Waals surface area contributed by atoms with E-state index in [4.69, 9.17) is 0 Å². The molecular weight excluding hydrogens is 268 g/mol. The average Bonchev–Trinajstić information content (AvgIpc) is 2.84. The number of hydrogen-bond acceptors (Lipinski definition) is 4. The molecule has 0 fully saturated rings. The molecule has 108 valence electrons. The van der Waals surface area contributed by atoms with Crippen LogP contribution in [0.1, 0.15) is 41.8 Å². The largest absolute Gasteiger partial charge is 0.507 e. The predicted molar refractivity (Wildman–Crippen MR) is 85.7 cm³/mol. The van der Waals surface area contributed by atoms with Crippen molar-refractivity contribution < 1.29 is 5.11 Å². The smallest absolute Gasteiger partial charge is 0.123 e. The maximum absolute atomic E-state index is 9.95. The number of thiazole rings is 1. The van der Waals surface area contributed by atoms with E-state index in [0.717, 1.165) is 28.4 Å². The molecule has 1 aromatic carbocycles. The van der Waals surface area contributed by atoms with Gasteiger partial charge in [-0.2, -0.15) is 0 Å². The Kier molecular flexibility index (Phi) is 4.04. The van der Waals surface area contributed by atoms with Gasteiger partial charge in [0.1, 0.15) is 5.75 Å². The fourth-order valence-electron chi connectivity index (χ4n) is 1.95. The quantitative estimate of drug-likeness (QED) is 0.882. The van der Waals surface area contributed by atoms with Gasteiger partial charge >= 0.3 is 0 Å². The Balaban J connectivity index is 2.10. The van der Waals surface area contributed by atoms with E-state index in [1.54, 1.807) is 11.3 Å². The van der Waals surface area contributed by atoms with Gasteiger partial charge in [-0.05, 0) is 25.5 Å². The summed E-state index contributed by atoms with van der Waals surface area (Å²) >= 11 is 1.74. The van der Waals surface area contributed by atoms with E-state index in [0.29, 0.717) is 5.75 Å². The summed E-state index contributed by atoms with van der Waals surface area (Å²) in [7, 11) is 0. The summed E-state index contributed by atoms with van der Waals surface area (Å²) in [6.45, 7) is 11.1. The highest BCUT2D eigenvalue weighted by Crippen LogP contribution is 2.30. The number of phenolic OH excluding ortho intramolecular Hbond substituents is 1. The van der Waals surface area contributed by atoms with Gasteiger partial charge in [-0.25, -0.2) is 4.98 Å². The number of aryl methyl sites for hydroxylation is 1. The van der Waals surface area contributed by atoms with Crippen LogP contribution in [0.5, 0.6) is 5.75 Å². The van der Waals surface area contributed by atoms with Crippen LogP contribution in [-0.2, 0) is 12.0 Å². The summed E-state index contributed by atoms with van der Waals surface area (Å²) < 4.78 is 0. The van der Waals surface area contributed by atoms with Crippen LogP contribution in [0.2, 0.25) is 0 Å². The van der Waals surface area contributed by atoms with E-state index >= 15 is 0 Å². The minimum atomic E-state index is 0.0982. The third-order valence-electron chi connectivity index (χ3n) is 3.28. The van der Waals surface area contributed by atoms with Crippen molar-refractivity contribution in [2.24, 2.45) is 0 Å². The Morgan fingerprint density at radius 3 is 2.55 bits per heavy atom. The summed E-state index contributed by atoms with van der Waals surface area (Å²) in [5.74, 6) is 0.370. The number of rotatable bonds is 3. The summed E-state index contributed by atoms with van der Waals surface area (Å²) in [6.07, 6.45) is 1.93. The maximum atomic E-state index is 9.95. The molecule has 0 aliphatic heterocycles. The van der Waals surface area contributed by atoms with Crippen molar-refractivity contribution in [3.05, 3.63) is 39.3 Å². The molecule has 0 saturated heterocycles. The molecule has 20 heavy (non-hydrogen) atoms. The van der Waals surface area contributed by atoms with Crippen LogP contribution >= 0.6 is 11.3 Å². The number of nitrogens with one attached hydrogen (secondary N) is 1. The summed E-state index contributed by atoms with van der Waals surface area (Å²) in [6, 6.07) is 3.94. The number of aromatic hydroxyl groups is 1. The highest BCUT2D eigenvalue weighted by molar-refractivity contribution is 7.11. The lowest BCUT2D eigenvalue weighted by atomic mass is 9.98. The molecule has 2 rings (SSSR count). The van der Waals surface area contributed by atoms with Gasteiger partial charge in [0, 0.05) is 27.7 Å². The second-order valence-corrected chi connectivity index (χ2v) is 7.25. The van der Waals surface area contributed by atoms with Gasteiger partial charge in [-0.1, -0.05) is 26.8 Å². The second kappa shape index (κ2) is 5.44. The number of nitrogens with zero attached hydrogens (tertiary/aromatic N) is 1. The molecule has 1 heterocycles. The van der Waals surface area contributed by atoms with Gasteiger partial charge in [-0.15, -0.1) is 11.3 Å². The van der Waals surface area contributed by atoms with Crippen molar-refractivity contribution in [3.63, 3.8) is 0 Å². The Morgan fingerprint density at radius 1 is 1.25 bits per heavy atom. The molecule has 3 nitrogen and oxygen atoms in total. The van der Waals surface area contributed by atoms with Crippen LogP contribution in [0, 0.1) is 13.8 Å². The van der Waals surface area contributed by atoms with E-state index in [2.05, 4.69) is 31.1 Å². The molecule has 1 aromatic heterocycles. The maximum Gasteiger partial charge on any atom is 0.123 e. The zero-order valence-electron chi connectivity index (χ0n) is 12.7. The topological polar surface area (TPSA) is 45.2 Å². The second-order valence-electron chi connectivity index (χ2n) is 6.14. The number of anilines is 1. The van der Waals surface area contributed by atoms with Gasteiger partial charge in [-0.3, -0.25) is 0 Å². The van der Waals surface area contributed by atoms with Crippen LogP contribution in [0.15, 0.2) is 18.3 Å². The molecule has 0 amide bonds. The Morgan fingerprint density at radius 2 is 1.95 bits per heavy atom. The number of aromatic nitrogens is 1. The SMILES string of the molecule is Cc1ccc(NCc2cnc(C(C)(C)C)s2)c(C)c1O. The first-order valence-electron chi connectivity index (χ1n) is 6.77. The van der Waals surface area contributed by atoms with E-state index in [1.807, 2.05) is 32.2 Å². The van der Waals surface area contributed by atoms with Crippen LogP contribution in [-0.4, -0.2) is 10.1 Å². The van der Waals surface area contributed by atoms with Gasteiger partial charge in [0.05, 0.1) is 11.6 Å². The predicted octanol–water partition coefficient (Wildman–Crippen LogP) is 4.38. The third-order valence-corrected chi connectivity index (χ3v) is 4.70. The van der Waals surface area contributed by atoms with Crippen molar-refractivity contribution >= 4 is 17.0 Å². The molecule has 2 aromatic rings. The van der Waals surface area contributed by atoms with Crippen LogP contribution in [0.4, 0.5) is 5.69 Å². The number of hydrogen-bond donors (Lipinski definition) is 2. The molecule has 0 unspecified atom stereocenters. The van der Waals surface area contributed by atoms with Crippen LogP contribution in [0.25, 0.3) is 0 Å². The lowest BCUT2D eigenvalue weighted by molar-refractivity contribution is 0.467. The number of phenols is 1. The first-order chi connectivity index (χ1) is 9.29. The summed E-state index contributed by atoms with van der Waals surface area (Å²) in [5.41, 5.74) is 2.87. The minimum absolute atomic E-state index is 0.0982. The van der Waals surface area contributed by atoms with E-state index in [9.17, 15) is 5.11 Å². The Bertz CT molecular complexity index is 611. The molecular formula is C16H22N2OS. The normalized spacial score (nSPS) is 11.7. The molecule has 0 aliphatic carbocycles. The summed E-state index contributed by atoms with van der Waals surface area (Å²) in [5, 5.41) is 14.5. The molecule has 0 aliphatic rings. The van der Waals surface area contributed by atoms with Crippen LogP contribution in [0.3, 0.4) is 0 Å². The molecule has 2 N–H and O–H groups in total. The molecule has 0 bridgehead atoms. The van der Waals surface area contributed by atoms with Crippen molar-refractivity contribution in [2.75, 3.05) is 5.32 Å². The molecule has 0 saturated carbocycles. The van der Waals surface area contributed by atoms with E-state index < -0.39 is 0 Å². The molecule has 4 heteroatoms. The third kappa shape index (κ3) is 3.12. The fraction of sp³-hybridized carbons (Fsp3) is 0.438. The molecule has 0 radical (unpaired) electrons. The van der Waals surface area contributed by atoms with E-state index in [1.165, 1.54) is 4.88 Å². The first-order valence-corrected chi connectivity index (χ1v) is 7.59. The van der Waals surface area contributed by atoms with Gasteiger partial charge in [0.25, 0.3) is 0 Å². The molecule has 0 spiro atoms. The summed E-state index contributed by atoms with van der Waals surface area (Å²) in [4.78, 5) is 5.69. The van der Waals surface area contributed by atoms with Gasteiger partial charge in [0.2, 0.25) is 0 Å². The van der Waals surface area contributed by atoms with Crippen molar-refractivity contribution in [1.82, 2.24) is 4.98 Å². The monoisotopic (exact) mass is 290 g/mol. The lowest BCUT2D eigenvalue weighted by Gasteiger charge is -2.13.